The van der Waals surface area contributed by atoms with Gasteiger partial charge in [0.15, 0.2) is 23.4 Å². The zero-order valence-corrected chi connectivity index (χ0v) is 6.21. The van der Waals surface area contributed by atoms with Crippen LogP contribution in [0.4, 0.5) is 0 Å². The zero-order chi connectivity index (χ0) is 7.84. The normalized spacial score (nSPS) is 28.0. The van der Waals surface area contributed by atoms with Gasteiger partial charge in [0.05, 0.1) is 0 Å². The summed E-state index contributed by atoms with van der Waals surface area (Å²) >= 11 is 1.27. The smallest absolute Gasteiger partial charge is 0.195 e. The second kappa shape index (κ2) is 2.20. The summed E-state index contributed by atoms with van der Waals surface area (Å²) in [6.45, 7) is 0. The van der Waals surface area contributed by atoms with Crippen molar-refractivity contribution in [3.8, 4) is 0 Å². The molecule has 2 aliphatic rings. The number of hydrogen-bond acceptors (Lipinski definition) is 5. The Morgan fingerprint density at radius 3 is 3.18 bits per heavy atom. The minimum Gasteiger partial charge on any atom is -0.504 e. The molecule has 2 heterocycles. The second-order valence-electron chi connectivity index (χ2n) is 2.08. The topological polar surface area (TPSA) is 62.0 Å². The van der Waals surface area contributed by atoms with E-state index in [0.717, 1.165) is 0 Å². The van der Waals surface area contributed by atoms with E-state index in [-0.39, 0.29) is 17.0 Å². The summed E-state index contributed by atoms with van der Waals surface area (Å²) in [5.41, 5.74) is 0.0981. The van der Waals surface area contributed by atoms with Gasteiger partial charge in [-0.3, -0.25) is 0 Å². The fraction of sp³-hybridized carbons (Fsp3) is 0.167. The molecule has 0 aromatic rings. The van der Waals surface area contributed by atoms with E-state index in [9.17, 15) is 5.11 Å². The summed E-state index contributed by atoms with van der Waals surface area (Å²) in [7, 11) is 0. The van der Waals surface area contributed by atoms with Gasteiger partial charge in [0.25, 0.3) is 0 Å². The third-order valence-electron chi connectivity index (χ3n) is 1.39. The van der Waals surface area contributed by atoms with Gasteiger partial charge in [-0.25, -0.2) is 4.99 Å². The van der Waals surface area contributed by atoms with Crippen LogP contribution in [0.2, 0.25) is 0 Å². The molecular weight excluding hydrogens is 166 g/mol. The van der Waals surface area contributed by atoms with Crippen molar-refractivity contribution in [3.05, 3.63) is 22.6 Å². The first-order chi connectivity index (χ1) is 5.29. The van der Waals surface area contributed by atoms with Gasteiger partial charge in [0.2, 0.25) is 0 Å². The maximum absolute atomic E-state index is 9.20. The van der Waals surface area contributed by atoms with E-state index in [1.807, 2.05) is 0 Å². The molecule has 0 saturated heterocycles. The lowest BCUT2D eigenvalue weighted by Gasteiger charge is -2.13. The predicted molar refractivity (Wildman–Crippen MR) is 41.3 cm³/mol. The molecule has 1 atom stereocenters. The summed E-state index contributed by atoms with van der Waals surface area (Å²) < 4.78 is 4.97. The molecule has 4 nitrogen and oxygen atoms in total. The molecule has 0 fully saturated rings. The molecule has 0 aromatic heterocycles. The van der Waals surface area contributed by atoms with Gasteiger partial charge < -0.3 is 14.9 Å². The molecule has 0 aliphatic carbocycles. The number of nitrogens with zero attached hydrogens (tertiary/aromatic N) is 1. The fourth-order valence-corrected chi connectivity index (χ4v) is 1.63. The van der Waals surface area contributed by atoms with Crippen LogP contribution >= 0.6 is 11.8 Å². The number of rotatable bonds is 0. The Morgan fingerprint density at radius 2 is 2.36 bits per heavy atom. The van der Waals surface area contributed by atoms with Crippen LogP contribution in [0.5, 0.6) is 0 Å². The van der Waals surface area contributed by atoms with Crippen molar-refractivity contribution >= 4 is 18.2 Å². The zero-order valence-electron chi connectivity index (χ0n) is 5.39. The maximum Gasteiger partial charge on any atom is 0.195 e. The highest BCUT2D eigenvalue weighted by atomic mass is 32.2. The van der Waals surface area contributed by atoms with Crippen LogP contribution in [0.25, 0.3) is 0 Å². The molecule has 58 valence electrons. The van der Waals surface area contributed by atoms with E-state index in [0.29, 0.717) is 5.70 Å². The molecule has 2 rings (SSSR count). The van der Waals surface area contributed by atoms with Gasteiger partial charge in [-0.1, -0.05) is 11.8 Å². The Kier molecular flexibility index (Phi) is 1.32. The van der Waals surface area contributed by atoms with Crippen LogP contribution in [0.3, 0.4) is 0 Å². The van der Waals surface area contributed by atoms with Crippen molar-refractivity contribution in [2.45, 2.75) is 5.44 Å². The molecule has 0 aromatic carbocycles. The number of aliphatic hydroxyl groups is 2. The molecule has 0 spiro atoms. The first kappa shape index (κ1) is 6.60. The molecule has 0 radical (unpaired) electrons. The van der Waals surface area contributed by atoms with Gasteiger partial charge in [0, 0.05) is 5.41 Å². The Morgan fingerprint density at radius 1 is 1.55 bits per heavy atom. The fourth-order valence-electron chi connectivity index (χ4n) is 0.850. The number of ether oxygens (including phenoxy) is 1. The van der Waals surface area contributed by atoms with Crippen LogP contribution < -0.4 is 0 Å². The Bertz CT molecular complexity index is 282. The highest BCUT2D eigenvalue weighted by Gasteiger charge is 2.28. The molecular formula is C6H5NO3S. The van der Waals surface area contributed by atoms with Crippen molar-refractivity contribution in [2.75, 3.05) is 0 Å². The summed E-state index contributed by atoms with van der Waals surface area (Å²) in [6.07, 6.45) is 1.26. The quantitative estimate of drug-likeness (QED) is 0.576. The van der Waals surface area contributed by atoms with Crippen molar-refractivity contribution in [2.24, 2.45) is 4.99 Å². The van der Waals surface area contributed by atoms with E-state index >= 15 is 0 Å². The molecule has 1 unspecified atom stereocenters. The summed E-state index contributed by atoms with van der Waals surface area (Å²) in [4.78, 5) is 3.75. The average molecular weight is 171 g/mol. The summed E-state index contributed by atoms with van der Waals surface area (Å²) in [5.74, 6) is -0.341. The molecule has 0 bridgehead atoms. The minimum atomic E-state index is -0.286. The Labute approximate surface area is 66.9 Å². The molecule has 0 amide bonds. The summed E-state index contributed by atoms with van der Waals surface area (Å²) in [6, 6.07) is 0. The van der Waals surface area contributed by atoms with Crippen molar-refractivity contribution in [1.29, 1.82) is 0 Å². The average Bonchev–Trinajstić information content (AvgIpc) is 2.45. The maximum atomic E-state index is 9.20. The largest absolute Gasteiger partial charge is 0.504 e. The number of aliphatic hydroxyl groups excluding tert-OH is 2. The third kappa shape index (κ3) is 0.883. The van der Waals surface area contributed by atoms with Gasteiger partial charge in [-0.15, -0.1) is 0 Å². The van der Waals surface area contributed by atoms with Gasteiger partial charge in [0.1, 0.15) is 5.70 Å². The lowest BCUT2D eigenvalue weighted by molar-refractivity contribution is 0.297. The molecule has 2 aliphatic heterocycles. The van der Waals surface area contributed by atoms with Crippen LogP contribution in [-0.4, -0.2) is 22.0 Å². The number of aliphatic imine (C=N–C) groups is 1. The van der Waals surface area contributed by atoms with Gasteiger partial charge >= 0.3 is 0 Å². The van der Waals surface area contributed by atoms with Crippen LogP contribution in [0.15, 0.2) is 27.6 Å². The van der Waals surface area contributed by atoms with E-state index < -0.39 is 0 Å². The number of fused-ring (bicyclic) bond motifs is 1. The summed E-state index contributed by atoms with van der Waals surface area (Å²) in [5, 5.41) is 19.7. The van der Waals surface area contributed by atoms with Crippen LogP contribution in [0.1, 0.15) is 0 Å². The van der Waals surface area contributed by atoms with Gasteiger partial charge in [-0.05, 0) is 0 Å². The van der Waals surface area contributed by atoms with Crippen molar-refractivity contribution in [3.63, 3.8) is 0 Å². The first-order valence-electron chi connectivity index (χ1n) is 2.95. The molecule has 5 heteroatoms. The second-order valence-corrected chi connectivity index (χ2v) is 3.01. The van der Waals surface area contributed by atoms with Crippen LogP contribution in [0, 0.1) is 0 Å². The lowest BCUT2D eigenvalue weighted by Crippen LogP contribution is -2.09. The molecule has 2 N–H and O–H groups in total. The number of thioether (sulfide) groups is 1. The van der Waals surface area contributed by atoms with Crippen molar-refractivity contribution < 1.29 is 14.9 Å². The van der Waals surface area contributed by atoms with E-state index in [4.69, 9.17) is 9.84 Å². The standard InChI is InChI=1S/C6H5NO3S/c8-3-1-11-6-4(5(3)9)7-2-10-6/h1-2,6,8-9H. The number of hydrogen-bond donors (Lipinski definition) is 2. The first-order valence-corrected chi connectivity index (χ1v) is 3.89. The highest BCUT2D eigenvalue weighted by molar-refractivity contribution is 8.02. The predicted octanol–water partition coefficient (Wildman–Crippen LogP) is 1.29. The van der Waals surface area contributed by atoms with Crippen LogP contribution in [-0.2, 0) is 4.74 Å². The highest BCUT2D eigenvalue weighted by Crippen LogP contribution is 2.34. The lowest BCUT2D eigenvalue weighted by atomic mass is 10.3. The van der Waals surface area contributed by atoms with E-state index in [1.165, 1.54) is 23.6 Å². The van der Waals surface area contributed by atoms with Crippen molar-refractivity contribution in [1.82, 2.24) is 0 Å². The Balaban J connectivity index is 2.43. The van der Waals surface area contributed by atoms with Gasteiger partial charge in [-0.2, -0.15) is 0 Å². The molecule has 11 heavy (non-hydrogen) atoms. The minimum absolute atomic E-state index is 0.149. The third-order valence-corrected chi connectivity index (χ3v) is 2.33. The van der Waals surface area contributed by atoms with E-state index in [2.05, 4.69) is 4.99 Å². The SMILES string of the molecule is OC1=CSC2OC=NC2=C1O. The Hall–Kier alpha value is -1.10. The van der Waals surface area contributed by atoms with E-state index in [1.54, 1.807) is 0 Å². The molecule has 0 saturated carbocycles. The monoisotopic (exact) mass is 171 g/mol.